The number of hydrogen-bond donors (Lipinski definition) is 2. The molecule has 0 spiro atoms. The molecule has 0 fully saturated rings. The topological polar surface area (TPSA) is 134 Å². The van der Waals surface area contributed by atoms with E-state index in [1.54, 1.807) is 11.8 Å². The van der Waals surface area contributed by atoms with Gasteiger partial charge in [0.25, 0.3) is 5.56 Å². The summed E-state index contributed by atoms with van der Waals surface area (Å²) < 4.78 is 8.11. The van der Waals surface area contributed by atoms with E-state index >= 15 is 0 Å². The molecule has 0 aromatic carbocycles. The molecule has 0 aliphatic rings. The Morgan fingerprint density at radius 2 is 2.06 bits per heavy atom. The molecule has 0 aliphatic carbocycles. The van der Waals surface area contributed by atoms with Gasteiger partial charge in [0.05, 0.1) is 12.8 Å². The number of anilines is 4. The lowest BCUT2D eigenvalue weighted by atomic mass is 10.3. The maximum atomic E-state index is 11.7. The molecule has 13 heteroatoms. The normalized spacial score (nSPS) is 10.5. The fourth-order valence-electron chi connectivity index (χ4n) is 3.06. The molecule has 0 aliphatic heterocycles. The van der Waals surface area contributed by atoms with Crippen molar-refractivity contribution < 1.29 is 4.74 Å². The Morgan fingerprint density at radius 3 is 2.77 bits per heavy atom. The first-order valence-corrected chi connectivity index (χ1v) is 13.5. The lowest BCUT2D eigenvalue weighted by Crippen LogP contribution is -2.22. The number of hydrogen-bond acceptors (Lipinski definition) is 12. The average molecular weight is 531 g/mol. The molecule has 0 amide bonds. The number of pyridine rings is 1. The van der Waals surface area contributed by atoms with Gasteiger partial charge in [-0.25, -0.2) is 9.97 Å². The third-order valence-corrected chi connectivity index (χ3v) is 7.69. The molecule has 0 atom stereocenters. The second-order valence-electron chi connectivity index (χ2n) is 7.38. The molecule has 3 aromatic rings. The Balaban J connectivity index is 1.66. The van der Waals surface area contributed by atoms with Crippen LogP contribution in [0.1, 0.15) is 23.8 Å². The number of nitrogens with zero attached hydrogens (tertiary/aromatic N) is 6. The van der Waals surface area contributed by atoms with Crippen molar-refractivity contribution in [2.45, 2.75) is 18.4 Å². The maximum absolute atomic E-state index is 11.7. The van der Waals surface area contributed by atoms with E-state index in [4.69, 9.17) is 15.0 Å². The van der Waals surface area contributed by atoms with E-state index in [0.29, 0.717) is 40.6 Å². The van der Waals surface area contributed by atoms with Crippen molar-refractivity contribution in [3.05, 3.63) is 39.1 Å². The predicted molar refractivity (Wildman–Crippen MR) is 142 cm³/mol. The molecule has 10 nitrogen and oxygen atoms in total. The minimum atomic E-state index is -0.342. The fourth-order valence-corrected chi connectivity index (χ4v) is 5.31. The lowest BCUT2D eigenvalue weighted by Gasteiger charge is -2.21. The first-order chi connectivity index (χ1) is 16.9. The highest BCUT2D eigenvalue weighted by atomic mass is 32.2. The molecule has 0 saturated heterocycles. The third kappa shape index (κ3) is 7.44. The first-order valence-electron chi connectivity index (χ1n) is 10.8. The highest BCUT2D eigenvalue weighted by Gasteiger charge is 2.14. The SMILES string of the molecule is CCOCCN(C)c1cc(Nc2ncc(C#N)s2)nc(SCCCN(C)c2s[nH]c(=O)c2C#N)c1. The summed E-state index contributed by atoms with van der Waals surface area (Å²) in [7, 11) is 3.89. The first kappa shape index (κ1) is 26.5. The quantitative estimate of drug-likeness (QED) is 0.248. The predicted octanol–water partition coefficient (Wildman–Crippen LogP) is 3.87. The van der Waals surface area contributed by atoms with Crippen LogP contribution in [0.5, 0.6) is 0 Å². The molecule has 3 aromatic heterocycles. The van der Waals surface area contributed by atoms with Crippen molar-refractivity contribution in [3.63, 3.8) is 0 Å². The number of ether oxygens (including phenoxy) is 1. The molecule has 35 heavy (non-hydrogen) atoms. The van der Waals surface area contributed by atoms with Gasteiger partial charge in [-0.1, -0.05) is 11.3 Å². The van der Waals surface area contributed by atoms with Gasteiger partial charge in [-0.2, -0.15) is 10.5 Å². The molecule has 0 bridgehead atoms. The van der Waals surface area contributed by atoms with E-state index in [9.17, 15) is 10.1 Å². The minimum Gasteiger partial charge on any atom is -0.380 e. The second-order valence-corrected chi connectivity index (χ2v) is 10.3. The number of H-pyrrole nitrogens is 1. The Labute approximate surface area is 216 Å². The summed E-state index contributed by atoms with van der Waals surface area (Å²) in [4.78, 5) is 25.2. The van der Waals surface area contributed by atoms with Crippen molar-refractivity contribution in [2.24, 2.45) is 0 Å². The summed E-state index contributed by atoms with van der Waals surface area (Å²) in [6.07, 6.45) is 2.38. The molecule has 3 rings (SSSR count). The number of likely N-dealkylation sites (N-methyl/N-ethyl adjacent to an activating group) is 1. The van der Waals surface area contributed by atoms with E-state index in [2.05, 4.69) is 25.6 Å². The van der Waals surface area contributed by atoms with Gasteiger partial charge in [-0.3, -0.25) is 9.17 Å². The average Bonchev–Trinajstić information content (AvgIpc) is 3.47. The number of nitriles is 2. The van der Waals surface area contributed by atoms with E-state index in [0.717, 1.165) is 29.4 Å². The Morgan fingerprint density at radius 1 is 1.23 bits per heavy atom. The van der Waals surface area contributed by atoms with E-state index in [-0.39, 0.29) is 11.1 Å². The van der Waals surface area contributed by atoms with Crippen LogP contribution in [0, 0.1) is 22.7 Å². The third-order valence-electron chi connectivity index (χ3n) is 4.88. The summed E-state index contributed by atoms with van der Waals surface area (Å²) in [5.41, 5.74) is 0.812. The van der Waals surface area contributed by atoms with Crippen LogP contribution in [0.3, 0.4) is 0 Å². The number of thioether (sulfide) groups is 1. The summed E-state index contributed by atoms with van der Waals surface area (Å²) >= 11 is 4.09. The van der Waals surface area contributed by atoms with E-state index in [1.165, 1.54) is 29.1 Å². The Kier molecular flexibility index (Phi) is 9.93. The number of nitrogens with one attached hydrogen (secondary N) is 2. The molecule has 0 saturated carbocycles. The zero-order valence-electron chi connectivity index (χ0n) is 19.7. The van der Waals surface area contributed by atoms with Crippen LogP contribution < -0.4 is 20.7 Å². The highest BCUT2D eigenvalue weighted by molar-refractivity contribution is 7.99. The largest absolute Gasteiger partial charge is 0.380 e. The van der Waals surface area contributed by atoms with Gasteiger partial charge in [-0.05, 0) is 30.9 Å². The molecule has 2 N–H and O–H groups in total. The van der Waals surface area contributed by atoms with E-state index < -0.39 is 0 Å². The van der Waals surface area contributed by atoms with Crippen LogP contribution in [-0.2, 0) is 4.74 Å². The van der Waals surface area contributed by atoms with Crippen molar-refractivity contribution in [2.75, 3.05) is 61.3 Å². The molecule has 0 radical (unpaired) electrons. The number of thiazole rings is 1. The van der Waals surface area contributed by atoms with E-state index in [1.807, 2.05) is 44.1 Å². The van der Waals surface area contributed by atoms with Gasteiger partial charge >= 0.3 is 0 Å². The van der Waals surface area contributed by atoms with Crippen molar-refractivity contribution in [3.8, 4) is 12.1 Å². The monoisotopic (exact) mass is 530 g/mol. The van der Waals surface area contributed by atoms with Crippen LogP contribution in [0.2, 0.25) is 0 Å². The fraction of sp³-hybridized carbons (Fsp3) is 0.409. The van der Waals surface area contributed by atoms with Gasteiger partial charge in [0.15, 0.2) is 10.7 Å². The van der Waals surface area contributed by atoms with Gasteiger partial charge < -0.3 is 19.9 Å². The standard InChI is InChI=1S/C22H26N8O2S3/c1-4-32-8-7-29(2)15-10-18(27-22-25-14-16(12-23)34-22)26-19(11-15)33-9-5-6-30(3)21-17(13-24)20(31)28-35-21/h10-11,14H,4-9H2,1-3H3,(H,28,31)(H,25,26,27). The molecule has 0 unspecified atom stereocenters. The molecular weight excluding hydrogens is 504 g/mol. The number of aromatic nitrogens is 3. The summed E-state index contributed by atoms with van der Waals surface area (Å²) in [5.74, 6) is 1.46. The summed E-state index contributed by atoms with van der Waals surface area (Å²) in [5, 5.41) is 23.6. The van der Waals surface area contributed by atoms with Crippen LogP contribution in [0.25, 0.3) is 0 Å². The summed E-state index contributed by atoms with van der Waals surface area (Å²) in [6, 6.07) is 8.06. The smallest absolute Gasteiger partial charge is 0.278 e. The Bertz CT molecular complexity index is 1260. The summed E-state index contributed by atoms with van der Waals surface area (Å²) in [6.45, 7) is 4.71. The van der Waals surface area contributed by atoms with Crippen molar-refractivity contribution in [1.82, 2.24) is 14.3 Å². The van der Waals surface area contributed by atoms with Crippen LogP contribution in [0.4, 0.5) is 21.6 Å². The van der Waals surface area contributed by atoms with Crippen molar-refractivity contribution in [1.29, 1.82) is 10.5 Å². The van der Waals surface area contributed by atoms with Crippen molar-refractivity contribution >= 4 is 56.3 Å². The maximum Gasteiger partial charge on any atom is 0.278 e. The zero-order chi connectivity index (χ0) is 25.2. The molecule has 3 heterocycles. The zero-order valence-corrected chi connectivity index (χ0v) is 22.1. The number of rotatable bonds is 13. The molecule has 184 valence electrons. The van der Waals surface area contributed by atoms with Gasteiger partial charge in [0, 0.05) is 51.3 Å². The van der Waals surface area contributed by atoms with Gasteiger partial charge in [0.2, 0.25) is 0 Å². The van der Waals surface area contributed by atoms with Gasteiger partial charge in [-0.15, -0.1) is 11.8 Å². The number of aromatic amines is 1. The second kappa shape index (κ2) is 13.1. The lowest BCUT2D eigenvalue weighted by molar-refractivity contribution is 0.154. The highest BCUT2D eigenvalue weighted by Crippen LogP contribution is 2.29. The van der Waals surface area contributed by atoms with Crippen LogP contribution in [-0.4, -0.2) is 60.5 Å². The minimum absolute atomic E-state index is 0.159. The molecular formula is C22H26N8O2S3. The van der Waals surface area contributed by atoms with Crippen LogP contribution >= 0.6 is 34.6 Å². The van der Waals surface area contributed by atoms with Crippen LogP contribution in [0.15, 0.2) is 28.2 Å². The van der Waals surface area contributed by atoms with Gasteiger partial charge in [0.1, 0.15) is 32.9 Å². The Hall–Kier alpha value is -3.10.